The standard InChI is InChI=1S/C30H29N3O4/c1-30-28-27(22-9-5-6-10-24(22)31-28)23(19-12-14-21(36-2)15-13-19)17-33(30)26(34)18-32(29(30)35)16-20-8-4-7-11-25(20)37-3/h4-15,23,31H,16-18H2,1-3H3. The maximum Gasteiger partial charge on any atom is 0.255 e. The Morgan fingerprint density at radius 3 is 2.43 bits per heavy atom. The van der Waals surface area contributed by atoms with Crippen molar-refractivity contribution < 1.29 is 19.1 Å². The summed E-state index contributed by atoms with van der Waals surface area (Å²) in [5, 5.41) is 1.07. The number of nitrogens with one attached hydrogen (secondary N) is 1. The molecule has 3 aromatic carbocycles. The molecule has 2 unspecified atom stereocenters. The van der Waals surface area contributed by atoms with Crippen molar-refractivity contribution in [2.24, 2.45) is 0 Å². The molecule has 1 fully saturated rings. The van der Waals surface area contributed by atoms with Crippen molar-refractivity contribution in [3.8, 4) is 11.5 Å². The van der Waals surface area contributed by atoms with Crippen LogP contribution in [0.15, 0.2) is 72.8 Å². The first-order valence-electron chi connectivity index (χ1n) is 12.4. The van der Waals surface area contributed by atoms with Crippen molar-refractivity contribution in [3.05, 3.63) is 95.2 Å². The summed E-state index contributed by atoms with van der Waals surface area (Å²) in [6.07, 6.45) is 0. The van der Waals surface area contributed by atoms with Crippen LogP contribution in [0.1, 0.15) is 35.2 Å². The van der Waals surface area contributed by atoms with Crippen molar-refractivity contribution in [2.45, 2.75) is 24.9 Å². The Morgan fingerprint density at radius 2 is 1.68 bits per heavy atom. The highest BCUT2D eigenvalue weighted by atomic mass is 16.5. The van der Waals surface area contributed by atoms with Gasteiger partial charge in [-0.05, 0) is 42.3 Å². The summed E-state index contributed by atoms with van der Waals surface area (Å²) in [4.78, 5) is 34.9. The summed E-state index contributed by atoms with van der Waals surface area (Å²) in [7, 11) is 3.26. The second-order valence-corrected chi connectivity index (χ2v) is 9.83. The smallest absolute Gasteiger partial charge is 0.255 e. The van der Waals surface area contributed by atoms with Gasteiger partial charge in [0.1, 0.15) is 18.0 Å². The molecule has 188 valence electrons. The first-order chi connectivity index (χ1) is 18.0. The average molecular weight is 496 g/mol. The number of piperazine rings is 1. The average Bonchev–Trinajstić information content (AvgIpc) is 3.33. The Kier molecular flexibility index (Phi) is 5.44. The van der Waals surface area contributed by atoms with Crippen LogP contribution in [0, 0.1) is 0 Å². The Labute approximate surface area is 215 Å². The van der Waals surface area contributed by atoms with Gasteiger partial charge >= 0.3 is 0 Å². The van der Waals surface area contributed by atoms with Crippen molar-refractivity contribution in [3.63, 3.8) is 0 Å². The van der Waals surface area contributed by atoms with Gasteiger partial charge in [-0.25, -0.2) is 0 Å². The monoisotopic (exact) mass is 495 g/mol. The van der Waals surface area contributed by atoms with Crippen LogP contribution in [0.2, 0.25) is 0 Å². The predicted octanol–water partition coefficient (Wildman–Crippen LogP) is 4.42. The van der Waals surface area contributed by atoms with E-state index in [9.17, 15) is 9.59 Å². The van der Waals surface area contributed by atoms with E-state index in [0.717, 1.165) is 39.0 Å². The van der Waals surface area contributed by atoms with Crippen molar-refractivity contribution >= 4 is 22.7 Å². The summed E-state index contributed by atoms with van der Waals surface area (Å²) >= 11 is 0. The molecule has 2 amide bonds. The minimum absolute atomic E-state index is 0.0252. The van der Waals surface area contributed by atoms with Crippen molar-refractivity contribution in [1.82, 2.24) is 14.8 Å². The van der Waals surface area contributed by atoms with E-state index in [0.29, 0.717) is 18.8 Å². The van der Waals surface area contributed by atoms with Crippen LogP contribution < -0.4 is 9.47 Å². The lowest BCUT2D eigenvalue weighted by Gasteiger charge is -2.51. The maximum atomic E-state index is 14.3. The van der Waals surface area contributed by atoms with Gasteiger partial charge in [-0.1, -0.05) is 48.5 Å². The summed E-state index contributed by atoms with van der Waals surface area (Å²) in [5.41, 5.74) is 3.60. The van der Waals surface area contributed by atoms with Crippen molar-refractivity contribution in [2.75, 3.05) is 27.3 Å². The van der Waals surface area contributed by atoms with E-state index < -0.39 is 5.54 Å². The highest BCUT2D eigenvalue weighted by Gasteiger charge is 2.56. The third-order valence-electron chi connectivity index (χ3n) is 7.89. The molecule has 6 rings (SSSR count). The van der Waals surface area contributed by atoms with Gasteiger partial charge in [0.2, 0.25) is 5.91 Å². The SMILES string of the molecule is COc1ccc(C2CN3C(=O)CN(Cc4ccccc4OC)C(=O)C3(C)c3[nH]c4ccccc4c32)cc1. The lowest BCUT2D eigenvalue weighted by molar-refractivity contribution is -0.166. The molecule has 7 nitrogen and oxygen atoms in total. The molecule has 1 N–H and O–H groups in total. The fraction of sp³-hybridized carbons (Fsp3) is 0.267. The Bertz CT molecular complexity index is 1510. The summed E-state index contributed by atoms with van der Waals surface area (Å²) in [5.74, 6) is 1.23. The minimum Gasteiger partial charge on any atom is -0.497 e. The van der Waals surface area contributed by atoms with E-state index >= 15 is 0 Å². The van der Waals surface area contributed by atoms with Gasteiger partial charge in [0.25, 0.3) is 5.91 Å². The predicted molar refractivity (Wildman–Crippen MR) is 141 cm³/mol. The minimum atomic E-state index is -1.14. The largest absolute Gasteiger partial charge is 0.497 e. The molecule has 0 radical (unpaired) electrons. The summed E-state index contributed by atoms with van der Waals surface area (Å²) in [6.45, 7) is 2.62. The van der Waals surface area contributed by atoms with Crippen LogP contribution >= 0.6 is 0 Å². The van der Waals surface area contributed by atoms with E-state index in [1.54, 1.807) is 24.0 Å². The number of aromatic amines is 1. The van der Waals surface area contributed by atoms with Gasteiger partial charge in [0.05, 0.1) is 19.9 Å². The number of ether oxygens (including phenoxy) is 2. The van der Waals surface area contributed by atoms with Gasteiger partial charge in [0.15, 0.2) is 5.54 Å². The number of benzene rings is 3. The quantitative estimate of drug-likeness (QED) is 0.445. The molecule has 2 atom stereocenters. The fourth-order valence-corrected chi connectivity index (χ4v) is 5.98. The molecule has 0 spiro atoms. The lowest BCUT2D eigenvalue weighted by Crippen LogP contribution is -2.67. The van der Waals surface area contributed by atoms with Crippen molar-refractivity contribution in [1.29, 1.82) is 0 Å². The van der Waals surface area contributed by atoms with Crippen LogP contribution in [0.3, 0.4) is 0 Å². The van der Waals surface area contributed by atoms with E-state index in [-0.39, 0.29) is 24.3 Å². The van der Waals surface area contributed by atoms with Crippen LogP contribution in [-0.4, -0.2) is 53.9 Å². The number of amides is 2. The zero-order valence-electron chi connectivity index (χ0n) is 21.2. The first kappa shape index (κ1) is 23.2. The summed E-state index contributed by atoms with van der Waals surface area (Å²) < 4.78 is 10.9. The van der Waals surface area contributed by atoms with Gasteiger partial charge < -0.3 is 24.3 Å². The third kappa shape index (κ3) is 3.49. The maximum absolute atomic E-state index is 14.3. The number of hydrogen-bond acceptors (Lipinski definition) is 4. The molecule has 7 heteroatoms. The molecule has 2 aliphatic heterocycles. The molecule has 2 aliphatic rings. The van der Waals surface area contributed by atoms with Gasteiger partial charge in [-0.15, -0.1) is 0 Å². The zero-order chi connectivity index (χ0) is 25.7. The second kappa shape index (κ2) is 8.69. The number of fused-ring (bicyclic) bond motifs is 5. The van der Waals surface area contributed by atoms with E-state index in [1.165, 1.54) is 0 Å². The Hall–Kier alpha value is -4.26. The Balaban J connectivity index is 1.48. The highest BCUT2D eigenvalue weighted by Crippen LogP contribution is 2.48. The number of aromatic nitrogens is 1. The van der Waals surface area contributed by atoms with Gasteiger partial charge in [-0.3, -0.25) is 9.59 Å². The number of methoxy groups -OCH3 is 2. The molecule has 1 aromatic heterocycles. The molecule has 0 bridgehead atoms. The lowest BCUT2D eigenvalue weighted by atomic mass is 9.76. The van der Waals surface area contributed by atoms with Gasteiger partial charge in [-0.2, -0.15) is 0 Å². The molecule has 0 aliphatic carbocycles. The van der Waals surface area contributed by atoms with Crippen LogP contribution in [0.5, 0.6) is 11.5 Å². The molecule has 3 heterocycles. The van der Waals surface area contributed by atoms with E-state index in [2.05, 4.69) is 11.1 Å². The molecular formula is C30H29N3O4. The van der Waals surface area contributed by atoms with Gasteiger partial charge in [0, 0.05) is 35.5 Å². The summed E-state index contributed by atoms with van der Waals surface area (Å²) in [6, 6.07) is 23.7. The molecule has 0 saturated carbocycles. The molecule has 1 saturated heterocycles. The molecular weight excluding hydrogens is 466 g/mol. The number of hydrogen-bond donors (Lipinski definition) is 1. The van der Waals surface area contributed by atoms with Crippen LogP contribution in [-0.2, 0) is 21.7 Å². The highest BCUT2D eigenvalue weighted by molar-refractivity contribution is 6.01. The number of carbonyl (C=O) groups is 2. The number of para-hydroxylation sites is 2. The fourth-order valence-electron chi connectivity index (χ4n) is 5.98. The zero-order valence-corrected chi connectivity index (χ0v) is 21.2. The van der Waals surface area contributed by atoms with Crippen LogP contribution in [0.25, 0.3) is 10.9 Å². The normalized spacial score (nSPS) is 21.1. The topological polar surface area (TPSA) is 74.9 Å². The second-order valence-electron chi connectivity index (χ2n) is 9.83. The van der Waals surface area contributed by atoms with E-state index in [1.807, 2.05) is 73.7 Å². The number of nitrogens with zero attached hydrogens (tertiary/aromatic N) is 2. The van der Waals surface area contributed by atoms with E-state index in [4.69, 9.17) is 9.47 Å². The number of rotatable bonds is 5. The molecule has 4 aromatic rings. The molecule has 37 heavy (non-hydrogen) atoms. The number of carbonyl (C=O) groups excluding carboxylic acids is 2. The number of H-pyrrole nitrogens is 1. The third-order valence-corrected chi connectivity index (χ3v) is 7.89. The van der Waals surface area contributed by atoms with Crippen LogP contribution in [0.4, 0.5) is 0 Å². The Morgan fingerprint density at radius 1 is 0.946 bits per heavy atom. The first-order valence-corrected chi connectivity index (χ1v) is 12.4.